The zero-order valence-electron chi connectivity index (χ0n) is 12.0. The molecule has 2 rings (SSSR count). The Morgan fingerprint density at radius 1 is 1.40 bits per heavy atom. The number of nitrogens with one attached hydrogen (secondary N) is 1. The lowest BCUT2D eigenvalue weighted by Crippen LogP contribution is -2.19. The van der Waals surface area contributed by atoms with E-state index in [2.05, 4.69) is 26.6 Å². The van der Waals surface area contributed by atoms with E-state index in [-0.39, 0.29) is 0 Å². The number of hydrogen-bond acceptors (Lipinski definition) is 6. The van der Waals surface area contributed by atoms with Gasteiger partial charge in [0.1, 0.15) is 10.9 Å². The van der Waals surface area contributed by atoms with Crippen LogP contribution in [0.3, 0.4) is 0 Å². The summed E-state index contributed by atoms with van der Waals surface area (Å²) in [7, 11) is 3.65. The van der Waals surface area contributed by atoms with Crippen molar-refractivity contribution in [1.29, 1.82) is 0 Å². The van der Waals surface area contributed by atoms with Crippen LogP contribution in [0.25, 0.3) is 0 Å². The summed E-state index contributed by atoms with van der Waals surface area (Å²) in [5.74, 6) is 0.892. The normalized spacial score (nSPS) is 10.9. The Morgan fingerprint density at radius 2 is 2.25 bits per heavy atom. The molecular weight excluding hydrogens is 274 g/mol. The third-order valence-corrected chi connectivity index (χ3v) is 3.99. The minimum Gasteiger partial charge on any atom is -0.383 e. The van der Waals surface area contributed by atoms with Gasteiger partial charge in [-0.15, -0.1) is 10.2 Å². The number of nitrogens with zero attached hydrogens (tertiary/aromatic N) is 4. The standard InChI is InChI=1S/C13H19N5OS/c1-10-16-17-13(18(10)2)20-12-11(5-4-6-15-12)9-14-7-8-19-3/h4-6,14H,7-9H2,1-3H3. The molecular formula is C13H19N5OS. The summed E-state index contributed by atoms with van der Waals surface area (Å²) in [6, 6.07) is 4.01. The van der Waals surface area contributed by atoms with Gasteiger partial charge in [0.05, 0.1) is 6.61 Å². The molecule has 6 nitrogen and oxygen atoms in total. The van der Waals surface area contributed by atoms with Crippen molar-refractivity contribution in [3.63, 3.8) is 0 Å². The van der Waals surface area contributed by atoms with E-state index >= 15 is 0 Å². The molecule has 0 atom stereocenters. The van der Waals surface area contributed by atoms with Crippen molar-refractivity contribution in [2.45, 2.75) is 23.7 Å². The molecule has 0 aliphatic rings. The smallest absolute Gasteiger partial charge is 0.197 e. The van der Waals surface area contributed by atoms with Gasteiger partial charge in [-0.2, -0.15) is 0 Å². The Hall–Kier alpha value is -1.44. The highest BCUT2D eigenvalue weighted by Gasteiger charge is 2.11. The van der Waals surface area contributed by atoms with E-state index in [9.17, 15) is 0 Å². The fourth-order valence-electron chi connectivity index (χ4n) is 1.61. The van der Waals surface area contributed by atoms with Crippen LogP contribution in [-0.2, 0) is 18.3 Å². The quantitative estimate of drug-likeness (QED) is 0.779. The molecule has 108 valence electrons. The summed E-state index contributed by atoms with van der Waals surface area (Å²) in [4.78, 5) is 4.43. The molecule has 2 heterocycles. The van der Waals surface area contributed by atoms with Gasteiger partial charge in [0.25, 0.3) is 0 Å². The Morgan fingerprint density at radius 3 is 2.95 bits per heavy atom. The maximum atomic E-state index is 5.02. The average molecular weight is 293 g/mol. The highest BCUT2D eigenvalue weighted by Crippen LogP contribution is 2.26. The van der Waals surface area contributed by atoms with E-state index < -0.39 is 0 Å². The van der Waals surface area contributed by atoms with Crippen LogP contribution in [0.1, 0.15) is 11.4 Å². The van der Waals surface area contributed by atoms with Crippen molar-refractivity contribution in [2.75, 3.05) is 20.3 Å². The second-order valence-corrected chi connectivity index (χ2v) is 5.28. The van der Waals surface area contributed by atoms with Crippen molar-refractivity contribution < 1.29 is 4.74 Å². The summed E-state index contributed by atoms with van der Waals surface area (Å²) in [5, 5.41) is 13.3. The number of aryl methyl sites for hydroxylation is 1. The molecule has 0 bridgehead atoms. The molecule has 0 fully saturated rings. The van der Waals surface area contributed by atoms with Gasteiger partial charge in [0, 0.05) is 33.4 Å². The Balaban J connectivity index is 2.05. The maximum absolute atomic E-state index is 5.02. The zero-order valence-corrected chi connectivity index (χ0v) is 12.8. The molecule has 7 heteroatoms. The molecule has 0 spiro atoms. The number of aromatic nitrogens is 4. The first-order valence-corrected chi connectivity index (χ1v) is 7.21. The lowest BCUT2D eigenvalue weighted by atomic mass is 10.3. The monoisotopic (exact) mass is 293 g/mol. The molecule has 0 amide bonds. The van der Waals surface area contributed by atoms with Gasteiger partial charge in [0.2, 0.25) is 0 Å². The van der Waals surface area contributed by atoms with Gasteiger partial charge in [-0.05, 0) is 30.3 Å². The topological polar surface area (TPSA) is 64.9 Å². The molecule has 2 aromatic heterocycles. The molecule has 1 N–H and O–H groups in total. The minimum atomic E-state index is 0.700. The molecule has 20 heavy (non-hydrogen) atoms. The molecule has 0 radical (unpaired) electrons. The number of hydrogen-bond donors (Lipinski definition) is 1. The predicted molar refractivity (Wildman–Crippen MR) is 77.7 cm³/mol. The van der Waals surface area contributed by atoms with Gasteiger partial charge < -0.3 is 14.6 Å². The van der Waals surface area contributed by atoms with Gasteiger partial charge in [0.15, 0.2) is 5.16 Å². The minimum absolute atomic E-state index is 0.700. The molecule has 0 aliphatic carbocycles. The summed E-state index contributed by atoms with van der Waals surface area (Å²) in [6.07, 6.45) is 1.80. The summed E-state index contributed by atoms with van der Waals surface area (Å²) in [5.41, 5.74) is 1.15. The van der Waals surface area contributed by atoms with E-state index in [1.807, 2.05) is 24.6 Å². The lowest BCUT2D eigenvalue weighted by molar-refractivity contribution is 0.199. The van der Waals surface area contributed by atoms with Crippen molar-refractivity contribution in [3.8, 4) is 0 Å². The fourth-order valence-corrected chi connectivity index (χ4v) is 2.52. The molecule has 0 aliphatic heterocycles. The largest absolute Gasteiger partial charge is 0.383 e. The fraction of sp³-hybridized carbons (Fsp3) is 0.462. The van der Waals surface area contributed by atoms with Gasteiger partial charge >= 0.3 is 0 Å². The molecule has 0 aromatic carbocycles. The van der Waals surface area contributed by atoms with Crippen molar-refractivity contribution in [3.05, 3.63) is 29.7 Å². The number of pyridine rings is 1. The first kappa shape index (κ1) is 15.0. The van der Waals surface area contributed by atoms with Crippen LogP contribution < -0.4 is 5.32 Å². The summed E-state index contributed by atoms with van der Waals surface area (Å²) in [6.45, 7) is 4.21. The van der Waals surface area contributed by atoms with E-state index in [1.165, 1.54) is 11.8 Å². The van der Waals surface area contributed by atoms with E-state index in [0.717, 1.165) is 34.7 Å². The average Bonchev–Trinajstić information content (AvgIpc) is 2.77. The SMILES string of the molecule is COCCNCc1cccnc1Sc1nnc(C)n1C. The van der Waals surface area contributed by atoms with Crippen LogP contribution in [0.2, 0.25) is 0 Å². The van der Waals surface area contributed by atoms with E-state index in [1.54, 1.807) is 13.3 Å². The Bertz CT molecular complexity index is 557. The van der Waals surface area contributed by atoms with Crippen LogP contribution in [0, 0.1) is 6.92 Å². The highest BCUT2D eigenvalue weighted by molar-refractivity contribution is 7.99. The molecule has 0 unspecified atom stereocenters. The third-order valence-electron chi connectivity index (χ3n) is 2.89. The van der Waals surface area contributed by atoms with Crippen LogP contribution >= 0.6 is 11.8 Å². The second-order valence-electron chi connectivity index (χ2n) is 4.33. The van der Waals surface area contributed by atoms with E-state index in [4.69, 9.17) is 4.74 Å². The van der Waals surface area contributed by atoms with Gasteiger partial charge in [-0.25, -0.2) is 4.98 Å². The summed E-state index contributed by atoms with van der Waals surface area (Å²) >= 11 is 1.53. The van der Waals surface area contributed by atoms with Crippen molar-refractivity contribution in [1.82, 2.24) is 25.1 Å². The van der Waals surface area contributed by atoms with Crippen LogP contribution in [0.4, 0.5) is 0 Å². The van der Waals surface area contributed by atoms with Crippen LogP contribution in [0.5, 0.6) is 0 Å². The third kappa shape index (κ3) is 3.78. The van der Waals surface area contributed by atoms with Crippen molar-refractivity contribution in [2.24, 2.45) is 7.05 Å². The number of methoxy groups -OCH3 is 1. The molecule has 0 saturated carbocycles. The van der Waals surface area contributed by atoms with Crippen LogP contribution in [-0.4, -0.2) is 40.0 Å². The summed E-state index contributed by atoms with van der Waals surface area (Å²) < 4.78 is 6.98. The van der Waals surface area contributed by atoms with Crippen LogP contribution in [0.15, 0.2) is 28.5 Å². The number of ether oxygens (including phenoxy) is 1. The zero-order chi connectivity index (χ0) is 14.4. The highest BCUT2D eigenvalue weighted by atomic mass is 32.2. The number of rotatable bonds is 7. The predicted octanol–water partition coefficient (Wildman–Crippen LogP) is 1.41. The first-order chi connectivity index (χ1) is 9.72. The van der Waals surface area contributed by atoms with E-state index in [0.29, 0.717) is 6.61 Å². The molecule has 2 aromatic rings. The van der Waals surface area contributed by atoms with Gasteiger partial charge in [-0.1, -0.05) is 6.07 Å². The maximum Gasteiger partial charge on any atom is 0.197 e. The Kier molecular flexibility index (Phi) is 5.51. The first-order valence-electron chi connectivity index (χ1n) is 6.39. The lowest BCUT2D eigenvalue weighted by Gasteiger charge is -2.08. The van der Waals surface area contributed by atoms with Gasteiger partial charge in [-0.3, -0.25) is 0 Å². The molecule has 0 saturated heterocycles. The Labute approximate surface area is 123 Å². The van der Waals surface area contributed by atoms with Crippen molar-refractivity contribution >= 4 is 11.8 Å². The second kappa shape index (κ2) is 7.37.